The second kappa shape index (κ2) is 9.38. The van der Waals surface area contributed by atoms with Crippen LogP contribution >= 0.6 is 12.2 Å². The molecule has 1 aliphatic rings. The molecule has 0 aromatic carbocycles. The Hall–Kier alpha value is -2.77. The number of nitrogens with zero attached hydrogens (tertiary/aromatic N) is 5. The van der Waals surface area contributed by atoms with Gasteiger partial charge in [0.05, 0.1) is 17.8 Å². The van der Waals surface area contributed by atoms with Crippen molar-refractivity contribution in [3.05, 3.63) is 77.0 Å². The highest BCUT2D eigenvalue weighted by Gasteiger charge is 2.41. The van der Waals surface area contributed by atoms with Gasteiger partial charge in [0.2, 0.25) is 0 Å². The second-order valence-corrected chi connectivity index (χ2v) is 9.17. The van der Waals surface area contributed by atoms with E-state index >= 15 is 0 Å². The molecule has 1 aliphatic heterocycles. The van der Waals surface area contributed by atoms with Crippen LogP contribution in [0.2, 0.25) is 0 Å². The topological polar surface area (TPSA) is 49.2 Å². The molecule has 0 bridgehead atoms. The lowest BCUT2D eigenvalue weighted by Crippen LogP contribution is -2.32. The Morgan fingerprint density at radius 3 is 2.53 bits per heavy atom. The molecular formula is C25H32N6S. The van der Waals surface area contributed by atoms with Gasteiger partial charge in [-0.1, -0.05) is 12.1 Å². The van der Waals surface area contributed by atoms with Crippen LogP contribution in [0.4, 0.5) is 0 Å². The lowest BCUT2D eigenvalue weighted by molar-refractivity contribution is 0.292. The van der Waals surface area contributed by atoms with Crippen LogP contribution < -0.4 is 5.32 Å². The molecule has 0 spiro atoms. The molecule has 0 unspecified atom stereocenters. The quantitative estimate of drug-likeness (QED) is 0.549. The molecule has 2 atom stereocenters. The van der Waals surface area contributed by atoms with Crippen molar-refractivity contribution < 1.29 is 0 Å². The van der Waals surface area contributed by atoms with Crippen molar-refractivity contribution >= 4 is 17.3 Å². The molecule has 6 nitrogen and oxygen atoms in total. The summed E-state index contributed by atoms with van der Waals surface area (Å²) in [6.45, 7) is 8.36. The molecule has 168 valence electrons. The third-order valence-electron chi connectivity index (χ3n) is 6.18. The van der Waals surface area contributed by atoms with E-state index in [1.807, 2.05) is 30.6 Å². The van der Waals surface area contributed by atoms with E-state index in [9.17, 15) is 0 Å². The van der Waals surface area contributed by atoms with Gasteiger partial charge in [0.15, 0.2) is 5.11 Å². The van der Waals surface area contributed by atoms with Gasteiger partial charge in [0, 0.05) is 30.3 Å². The maximum Gasteiger partial charge on any atom is 0.170 e. The number of hydrogen-bond donors (Lipinski definition) is 1. The zero-order valence-electron chi connectivity index (χ0n) is 19.5. The molecular weight excluding hydrogens is 416 g/mol. The first-order valence-corrected chi connectivity index (χ1v) is 11.5. The standard InChI is InChI=1S/C25H32N6S/c1-17-10-8-13-27-24(17)31-18(2)16-20(19(31)3)23-22(21-11-6-7-12-26-21)28-25(32)30(23)15-9-14-29(4)5/h6-8,10-13,16,22-23H,9,14-15H2,1-5H3,(H,28,32)/t22-,23+/m0/s1. The van der Waals surface area contributed by atoms with Crippen LogP contribution in [0, 0.1) is 20.8 Å². The van der Waals surface area contributed by atoms with Crippen LogP contribution in [0.5, 0.6) is 0 Å². The molecule has 0 saturated carbocycles. The third-order valence-corrected chi connectivity index (χ3v) is 6.54. The minimum atomic E-state index is 0.00170. The van der Waals surface area contributed by atoms with Crippen molar-refractivity contribution in [2.24, 2.45) is 0 Å². The summed E-state index contributed by atoms with van der Waals surface area (Å²) in [7, 11) is 4.22. The summed E-state index contributed by atoms with van der Waals surface area (Å²) in [6, 6.07) is 12.5. The predicted molar refractivity (Wildman–Crippen MR) is 133 cm³/mol. The van der Waals surface area contributed by atoms with Gasteiger partial charge in [0.25, 0.3) is 0 Å². The van der Waals surface area contributed by atoms with E-state index in [4.69, 9.17) is 12.2 Å². The predicted octanol–water partition coefficient (Wildman–Crippen LogP) is 4.12. The summed E-state index contributed by atoms with van der Waals surface area (Å²) in [5.41, 5.74) is 5.80. The van der Waals surface area contributed by atoms with Crippen molar-refractivity contribution in [1.82, 2.24) is 29.7 Å². The summed E-state index contributed by atoms with van der Waals surface area (Å²) in [5, 5.41) is 4.37. The molecule has 4 heterocycles. The number of hydrogen-bond acceptors (Lipinski definition) is 4. The number of rotatable bonds is 7. The number of aryl methyl sites for hydroxylation is 2. The average molecular weight is 449 g/mol. The van der Waals surface area contributed by atoms with Crippen LogP contribution in [0.3, 0.4) is 0 Å². The highest BCUT2D eigenvalue weighted by molar-refractivity contribution is 7.80. The number of thiocarbonyl (C=S) groups is 1. The normalized spacial score (nSPS) is 18.4. The number of nitrogens with one attached hydrogen (secondary N) is 1. The largest absolute Gasteiger partial charge is 0.352 e. The van der Waals surface area contributed by atoms with Crippen molar-refractivity contribution in [3.8, 4) is 5.82 Å². The maximum atomic E-state index is 5.83. The van der Waals surface area contributed by atoms with E-state index in [0.717, 1.165) is 41.7 Å². The summed E-state index contributed by atoms with van der Waals surface area (Å²) in [6.07, 6.45) is 4.75. The van der Waals surface area contributed by atoms with Crippen LogP contribution in [-0.2, 0) is 0 Å². The first-order chi connectivity index (χ1) is 15.4. The maximum absolute atomic E-state index is 5.83. The van der Waals surface area contributed by atoms with Gasteiger partial charge in [-0.15, -0.1) is 0 Å². The van der Waals surface area contributed by atoms with Gasteiger partial charge in [-0.25, -0.2) is 4.98 Å². The van der Waals surface area contributed by atoms with E-state index in [2.05, 4.69) is 82.7 Å². The van der Waals surface area contributed by atoms with Gasteiger partial charge in [0.1, 0.15) is 5.82 Å². The van der Waals surface area contributed by atoms with Crippen LogP contribution in [0.1, 0.15) is 46.7 Å². The molecule has 0 radical (unpaired) electrons. The zero-order valence-corrected chi connectivity index (χ0v) is 20.4. The Morgan fingerprint density at radius 2 is 1.84 bits per heavy atom. The Labute approximate surface area is 196 Å². The molecule has 0 aliphatic carbocycles. The monoisotopic (exact) mass is 448 g/mol. The highest BCUT2D eigenvalue weighted by Crippen LogP contribution is 2.41. The van der Waals surface area contributed by atoms with Crippen molar-refractivity contribution in [2.45, 2.75) is 39.3 Å². The smallest absolute Gasteiger partial charge is 0.170 e. The number of pyridine rings is 2. The fourth-order valence-electron chi connectivity index (χ4n) is 4.67. The van der Waals surface area contributed by atoms with Gasteiger partial charge >= 0.3 is 0 Å². The second-order valence-electron chi connectivity index (χ2n) is 8.78. The van der Waals surface area contributed by atoms with Gasteiger partial charge < -0.3 is 19.7 Å². The molecule has 1 saturated heterocycles. The summed E-state index contributed by atoms with van der Waals surface area (Å²) >= 11 is 5.83. The van der Waals surface area contributed by atoms with E-state index < -0.39 is 0 Å². The SMILES string of the molecule is Cc1cccnc1-n1c(C)cc([C@@H]2[C@H](c3ccccn3)NC(=S)N2CCCN(C)C)c1C. The third kappa shape index (κ3) is 4.27. The van der Waals surface area contributed by atoms with E-state index in [1.54, 1.807) is 0 Å². The first kappa shape index (κ1) is 22.4. The minimum Gasteiger partial charge on any atom is -0.352 e. The van der Waals surface area contributed by atoms with Crippen LogP contribution in [0.15, 0.2) is 48.8 Å². The van der Waals surface area contributed by atoms with Gasteiger partial charge in [-0.2, -0.15) is 0 Å². The van der Waals surface area contributed by atoms with Crippen LogP contribution in [-0.4, -0.2) is 56.6 Å². The van der Waals surface area contributed by atoms with Crippen LogP contribution in [0.25, 0.3) is 5.82 Å². The lowest BCUT2D eigenvalue weighted by Gasteiger charge is -2.28. The van der Waals surface area contributed by atoms with Gasteiger partial charge in [-0.3, -0.25) is 4.98 Å². The molecule has 3 aromatic rings. The fraction of sp³-hybridized carbons (Fsp3) is 0.400. The Morgan fingerprint density at radius 1 is 1.06 bits per heavy atom. The summed E-state index contributed by atoms with van der Waals surface area (Å²) in [4.78, 5) is 13.9. The van der Waals surface area contributed by atoms with Crippen molar-refractivity contribution in [3.63, 3.8) is 0 Å². The molecule has 1 N–H and O–H groups in total. The Bertz CT molecular complexity index is 1090. The lowest BCUT2D eigenvalue weighted by atomic mass is 9.96. The minimum absolute atomic E-state index is 0.00170. The molecule has 0 amide bonds. The molecule has 7 heteroatoms. The van der Waals surface area contributed by atoms with E-state index in [0.29, 0.717) is 0 Å². The average Bonchev–Trinajstić information content (AvgIpc) is 3.24. The Balaban J connectivity index is 1.78. The molecule has 32 heavy (non-hydrogen) atoms. The first-order valence-electron chi connectivity index (χ1n) is 11.1. The molecule has 1 fully saturated rings. The fourth-order valence-corrected chi connectivity index (χ4v) is 5.00. The zero-order chi connectivity index (χ0) is 22.8. The summed E-state index contributed by atoms with van der Waals surface area (Å²) in [5.74, 6) is 0.982. The van der Waals surface area contributed by atoms with Crippen molar-refractivity contribution in [1.29, 1.82) is 0 Å². The Kier molecular flexibility index (Phi) is 6.58. The van der Waals surface area contributed by atoms with Crippen molar-refractivity contribution in [2.75, 3.05) is 27.2 Å². The molecule has 3 aromatic heterocycles. The number of aromatic nitrogens is 3. The van der Waals surface area contributed by atoms with E-state index in [1.165, 1.54) is 17.0 Å². The van der Waals surface area contributed by atoms with Gasteiger partial charge in [-0.05, 0) is 95.4 Å². The highest BCUT2D eigenvalue weighted by atomic mass is 32.1. The van der Waals surface area contributed by atoms with E-state index in [-0.39, 0.29) is 12.1 Å². The summed E-state index contributed by atoms with van der Waals surface area (Å²) < 4.78 is 2.26. The molecule has 4 rings (SSSR count).